The number of nitrogens with two attached hydrogens (primary N) is 1. The Balaban J connectivity index is 2.23. The number of amidine groups is 1. The topological polar surface area (TPSA) is 47.6 Å². The molecule has 0 aliphatic carbocycles. The molecule has 27 heavy (non-hydrogen) atoms. The normalized spacial score (nSPS) is 23.5. The highest BCUT2D eigenvalue weighted by Crippen LogP contribution is 2.52. The van der Waals surface area contributed by atoms with Crippen molar-refractivity contribution in [1.29, 1.82) is 0 Å². The Morgan fingerprint density at radius 3 is 2.15 bits per heavy atom. The van der Waals surface area contributed by atoms with Crippen LogP contribution in [0.4, 0.5) is 13.2 Å². The highest BCUT2D eigenvalue weighted by atomic mass is 35.5. The van der Waals surface area contributed by atoms with Crippen molar-refractivity contribution in [3.05, 3.63) is 57.8 Å². The highest BCUT2D eigenvalue weighted by Gasteiger charge is 2.66. The zero-order valence-electron chi connectivity index (χ0n) is 14.8. The van der Waals surface area contributed by atoms with Gasteiger partial charge in [0.25, 0.3) is 6.02 Å². The lowest BCUT2D eigenvalue weighted by Gasteiger charge is -2.46. The molecule has 0 amide bonds. The lowest BCUT2D eigenvalue weighted by Crippen LogP contribution is -2.62. The second-order valence-corrected chi connectivity index (χ2v) is 7.93. The SMILES string of the molecule is CC1(C)OC(N)=NC(C)(c2cc(-c3cc(Cl)cc(Cl)c3)ccc2F)C1(F)F. The summed E-state index contributed by atoms with van der Waals surface area (Å²) >= 11 is 12.0. The standard InChI is InChI=1S/C19H17Cl2F3N2O/c1-17(2)19(23,24)18(3,26-16(25)27-17)14-8-10(4-5-15(14)22)11-6-12(20)9-13(21)7-11/h4-9H,1-3H3,(H2,25,26). The first-order valence-corrected chi connectivity index (χ1v) is 8.82. The molecule has 0 spiro atoms. The molecule has 0 radical (unpaired) electrons. The molecule has 1 aliphatic heterocycles. The van der Waals surface area contributed by atoms with E-state index in [1.807, 2.05) is 0 Å². The van der Waals surface area contributed by atoms with Gasteiger partial charge in [-0.15, -0.1) is 0 Å². The average Bonchev–Trinajstić information content (AvgIpc) is 2.52. The zero-order chi connectivity index (χ0) is 20.2. The summed E-state index contributed by atoms with van der Waals surface area (Å²) in [6.07, 6.45) is 0. The van der Waals surface area contributed by atoms with E-state index in [4.69, 9.17) is 33.7 Å². The van der Waals surface area contributed by atoms with E-state index in [-0.39, 0.29) is 5.56 Å². The van der Waals surface area contributed by atoms with Crippen molar-refractivity contribution in [2.24, 2.45) is 10.7 Å². The van der Waals surface area contributed by atoms with Crippen LogP contribution < -0.4 is 5.73 Å². The Morgan fingerprint density at radius 1 is 0.963 bits per heavy atom. The van der Waals surface area contributed by atoms with E-state index in [0.29, 0.717) is 21.2 Å². The number of rotatable bonds is 2. The fourth-order valence-electron chi connectivity index (χ4n) is 3.25. The van der Waals surface area contributed by atoms with Crippen molar-refractivity contribution in [2.45, 2.75) is 37.8 Å². The van der Waals surface area contributed by atoms with Gasteiger partial charge in [-0.3, -0.25) is 0 Å². The third-order valence-electron chi connectivity index (χ3n) is 4.75. The summed E-state index contributed by atoms with van der Waals surface area (Å²) in [7, 11) is 0. The summed E-state index contributed by atoms with van der Waals surface area (Å²) in [6, 6.07) is 8.20. The van der Waals surface area contributed by atoms with Crippen LogP contribution in [0.3, 0.4) is 0 Å². The van der Waals surface area contributed by atoms with Crippen LogP contribution in [0.25, 0.3) is 11.1 Å². The second-order valence-electron chi connectivity index (χ2n) is 7.06. The van der Waals surface area contributed by atoms with Crippen LogP contribution in [0, 0.1) is 5.82 Å². The van der Waals surface area contributed by atoms with Gasteiger partial charge in [0.2, 0.25) is 0 Å². The van der Waals surface area contributed by atoms with E-state index in [0.717, 1.165) is 13.0 Å². The molecule has 8 heteroatoms. The molecule has 0 saturated heterocycles. The molecule has 0 fully saturated rings. The first-order chi connectivity index (χ1) is 12.4. The Labute approximate surface area is 164 Å². The minimum atomic E-state index is -3.55. The number of ether oxygens (including phenoxy) is 1. The maximum atomic E-state index is 15.2. The van der Waals surface area contributed by atoms with Gasteiger partial charge in [0.15, 0.2) is 11.1 Å². The van der Waals surface area contributed by atoms with Crippen LogP contribution in [0.15, 0.2) is 41.4 Å². The van der Waals surface area contributed by atoms with Crippen LogP contribution >= 0.6 is 23.2 Å². The van der Waals surface area contributed by atoms with Gasteiger partial charge in [0.05, 0.1) is 0 Å². The van der Waals surface area contributed by atoms with Crippen LogP contribution in [0.5, 0.6) is 0 Å². The van der Waals surface area contributed by atoms with Gasteiger partial charge in [-0.2, -0.15) is 8.78 Å². The summed E-state index contributed by atoms with van der Waals surface area (Å²) in [4.78, 5) is 3.79. The number of benzene rings is 2. The van der Waals surface area contributed by atoms with Crippen LogP contribution in [0.2, 0.25) is 10.0 Å². The Bertz CT molecular complexity index is 926. The summed E-state index contributed by atoms with van der Waals surface area (Å²) in [6.45, 7) is 3.51. The summed E-state index contributed by atoms with van der Waals surface area (Å²) < 4.78 is 50.1. The molecule has 0 aromatic heterocycles. The Hall–Kier alpha value is -1.92. The molecule has 2 aromatic carbocycles. The van der Waals surface area contributed by atoms with E-state index in [1.165, 1.54) is 26.0 Å². The van der Waals surface area contributed by atoms with Gasteiger partial charge in [-0.05, 0) is 62.2 Å². The third-order valence-corrected chi connectivity index (χ3v) is 5.18. The van der Waals surface area contributed by atoms with E-state index in [2.05, 4.69) is 4.99 Å². The predicted octanol–water partition coefficient (Wildman–Crippen LogP) is 5.77. The van der Waals surface area contributed by atoms with Crippen LogP contribution in [0.1, 0.15) is 26.3 Å². The maximum Gasteiger partial charge on any atom is 0.315 e. The molecule has 1 unspecified atom stereocenters. The molecule has 2 aromatic rings. The van der Waals surface area contributed by atoms with Crippen LogP contribution in [-0.4, -0.2) is 17.5 Å². The van der Waals surface area contributed by atoms with Gasteiger partial charge in [0.1, 0.15) is 5.82 Å². The largest absolute Gasteiger partial charge is 0.453 e. The van der Waals surface area contributed by atoms with E-state index < -0.39 is 28.9 Å². The smallest absolute Gasteiger partial charge is 0.315 e. The summed E-state index contributed by atoms with van der Waals surface area (Å²) in [5.74, 6) is -4.38. The molecule has 2 N–H and O–H groups in total. The molecule has 1 aliphatic rings. The summed E-state index contributed by atoms with van der Waals surface area (Å²) in [5.41, 5.74) is 2.10. The summed E-state index contributed by atoms with van der Waals surface area (Å²) in [5, 5.41) is 0.740. The van der Waals surface area contributed by atoms with Crippen LogP contribution in [-0.2, 0) is 10.3 Å². The molecule has 1 atom stereocenters. The number of halogens is 5. The quantitative estimate of drug-likeness (QED) is 0.674. The fraction of sp³-hybridized carbons (Fsp3) is 0.316. The monoisotopic (exact) mass is 416 g/mol. The number of nitrogens with zero attached hydrogens (tertiary/aromatic N) is 1. The Morgan fingerprint density at radius 2 is 1.56 bits per heavy atom. The molecular weight excluding hydrogens is 400 g/mol. The second kappa shape index (κ2) is 6.31. The minimum Gasteiger partial charge on any atom is -0.453 e. The first-order valence-electron chi connectivity index (χ1n) is 8.06. The zero-order valence-corrected chi connectivity index (χ0v) is 16.3. The number of aliphatic imine (C=N–C) groups is 1. The van der Waals surface area contributed by atoms with Gasteiger partial charge >= 0.3 is 5.92 Å². The molecule has 1 heterocycles. The molecule has 3 nitrogen and oxygen atoms in total. The fourth-order valence-corrected chi connectivity index (χ4v) is 3.78. The average molecular weight is 417 g/mol. The van der Waals surface area contributed by atoms with Crippen molar-refractivity contribution >= 4 is 29.2 Å². The number of hydrogen-bond donors (Lipinski definition) is 1. The van der Waals surface area contributed by atoms with Gasteiger partial charge in [0, 0.05) is 15.6 Å². The highest BCUT2D eigenvalue weighted by molar-refractivity contribution is 6.35. The predicted molar refractivity (Wildman–Crippen MR) is 101 cm³/mol. The van der Waals surface area contributed by atoms with Gasteiger partial charge in [-0.1, -0.05) is 29.3 Å². The van der Waals surface area contributed by atoms with E-state index in [1.54, 1.807) is 18.2 Å². The maximum absolute atomic E-state index is 15.2. The van der Waals surface area contributed by atoms with Crippen molar-refractivity contribution in [3.63, 3.8) is 0 Å². The van der Waals surface area contributed by atoms with E-state index in [9.17, 15) is 4.39 Å². The molecule has 144 valence electrons. The van der Waals surface area contributed by atoms with Crippen molar-refractivity contribution in [2.75, 3.05) is 0 Å². The lowest BCUT2D eigenvalue weighted by molar-refractivity contribution is -0.207. The first kappa shape index (κ1) is 19.8. The molecule has 0 saturated carbocycles. The van der Waals surface area contributed by atoms with E-state index >= 15 is 8.78 Å². The van der Waals surface area contributed by atoms with Crippen molar-refractivity contribution < 1.29 is 17.9 Å². The number of alkyl halides is 2. The minimum absolute atomic E-state index is 0.305. The van der Waals surface area contributed by atoms with Crippen molar-refractivity contribution in [3.8, 4) is 11.1 Å². The van der Waals surface area contributed by atoms with Gasteiger partial charge < -0.3 is 10.5 Å². The lowest BCUT2D eigenvalue weighted by atomic mass is 9.76. The molecule has 3 rings (SSSR count). The van der Waals surface area contributed by atoms with Gasteiger partial charge in [-0.25, -0.2) is 9.38 Å². The molecular formula is C19H17Cl2F3N2O. The molecule has 0 bridgehead atoms. The Kier molecular flexibility index (Phi) is 4.64. The third kappa shape index (κ3) is 3.15. The number of hydrogen-bond acceptors (Lipinski definition) is 3. The van der Waals surface area contributed by atoms with Crippen molar-refractivity contribution in [1.82, 2.24) is 0 Å².